The van der Waals surface area contributed by atoms with Crippen LogP contribution in [-0.2, 0) is 9.53 Å². The Bertz CT molecular complexity index is 90.3. The van der Waals surface area contributed by atoms with Crippen molar-refractivity contribution in [1.82, 2.24) is 0 Å². The van der Waals surface area contributed by atoms with Gasteiger partial charge in [-0.3, -0.25) is 4.79 Å². The molecule has 54 valence electrons. The van der Waals surface area contributed by atoms with Crippen molar-refractivity contribution >= 4 is 5.97 Å². The lowest BCUT2D eigenvalue weighted by atomic mass is 10.1. The number of hydrogen-bond donors (Lipinski definition) is 1. The fraction of sp³-hybridized carbons (Fsp3) is 0.833. The Kier molecular flexibility index (Phi) is 4.05. The van der Waals surface area contributed by atoms with Crippen LogP contribution in [0, 0.1) is 5.92 Å². The lowest BCUT2D eigenvalue weighted by Gasteiger charge is -2.03. The molecule has 0 aliphatic heterocycles. The Morgan fingerprint density at radius 2 is 2.33 bits per heavy atom. The highest BCUT2D eigenvalue weighted by Crippen LogP contribution is 1.99. The third-order valence-corrected chi connectivity index (χ3v) is 1.05. The summed E-state index contributed by atoms with van der Waals surface area (Å²) in [7, 11) is 1.34. The van der Waals surface area contributed by atoms with Crippen LogP contribution in [0.15, 0.2) is 0 Å². The summed E-state index contributed by atoms with van der Waals surface area (Å²) in [5.41, 5.74) is 0. The predicted octanol–water partition coefficient (Wildman–Crippen LogP) is 0.178. The fourth-order valence-electron chi connectivity index (χ4n) is 0.432. The van der Waals surface area contributed by atoms with Crippen LogP contribution >= 0.6 is 0 Å². The van der Waals surface area contributed by atoms with E-state index < -0.39 is 0 Å². The van der Waals surface area contributed by atoms with Gasteiger partial charge in [-0.15, -0.1) is 0 Å². The number of esters is 1. The van der Waals surface area contributed by atoms with Crippen molar-refractivity contribution in [3.63, 3.8) is 0 Å². The van der Waals surface area contributed by atoms with Gasteiger partial charge in [0.2, 0.25) is 0 Å². The largest absolute Gasteiger partial charge is 0.469 e. The second-order valence-electron chi connectivity index (χ2n) is 2.07. The minimum absolute atomic E-state index is 0.0115. The molecular formula is C6H12O3. The summed E-state index contributed by atoms with van der Waals surface area (Å²) in [5, 5.41) is 8.47. The van der Waals surface area contributed by atoms with Crippen LogP contribution in [-0.4, -0.2) is 24.8 Å². The van der Waals surface area contributed by atoms with Crippen LogP contribution in [0.1, 0.15) is 13.3 Å². The molecule has 0 spiro atoms. The highest BCUT2D eigenvalue weighted by atomic mass is 16.5. The second kappa shape index (κ2) is 4.32. The van der Waals surface area contributed by atoms with Gasteiger partial charge in [0.15, 0.2) is 0 Å². The van der Waals surface area contributed by atoms with E-state index in [1.165, 1.54) is 7.11 Å². The normalized spacial score (nSPS) is 12.8. The summed E-state index contributed by atoms with van der Waals surface area (Å²) in [6, 6.07) is 0. The number of methoxy groups -OCH3 is 1. The van der Waals surface area contributed by atoms with Crippen LogP contribution in [0.5, 0.6) is 0 Å². The van der Waals surface area contributed by atoms with E-state index in [-0.39, 0.29) is 18.5 Å². The molecule has 0 aromatic carbocycles. The lowest BCUT2D eigenvalue weighted by Crippen LogP contribution is -2.09. The van der Waals surface area contributed by atoms with Gasteiger partial charge in [0.25, 0.3) is 0 Å². The van der Waals surface area contributed by atoms with Gasteiger partial charge in [-0.25, -0.2) is 0 Å². The first-order chi connectivity index (χ1) is 4.20. The average molecular weight is 132 g/mol. The summed E-state index contributed by atoms with van der Waals surface area (Å²) in [4.78, 5) is 10.4. The topological polar surface area (TPSA) is 46.5 Å². The van der Waals surface area contributed by atoms with Gasteiger partial charge in [0, 0.05) is 6.61 Å². The zero-order chi connectivity index (χ0) is 7.28. The van der Waals surface area contributed by atoms with E-state index in [0.29, 0.717) is 6.42 Å². The number of ether oxygens (including phenoxy) is 1. The predicted molar refractivity (Wildman–Crippen MR) is 32.9 cm³/mol. The number of aliphatic hydroxyl groups is 1. The smallest absolute Gasteiger partial charge is 0.305 e. The van der Waals surface area contributed by atoms with Crippen molar-refractivity contribution in [1.29, 1.82) is 0 Å². The monoisotopic (exact) mass is 132 g/mol. The van der Waals surface area contributed by atoms with Gasteiger partial charge in [-0.1, -0.05) is 6.92 Å². The molecule has 0 heterocycles. The zero-order valence-corrected chi connectivity index (χ0v) is 5.76. The Morgan fingerprint density at radius 1 is 1.78 bits per heavy atom. The molecule has 3 nitrogen and oxygen atoms in total. The highest BCUT2D eigenvalue weighted by molar-refractivity contribution is 5.69. The zero-order valence-electron chi connectivity index (χ0n) is 5.76. The standard InChI is InChI=1S/C6H12O3/c1-5(4-7)3-6(8)9-2/h5,7H,3-4H2,1-2H3. The van der Waals surface area contributed by atoms with Crippen molar-refractivity contribution < 1.29 is 14.6 Å². The van der Waals surface area contributed by atoms with Crippen LogP contribution < -0.4 is 0 Å². The highest BCUT2D eigenvalue weighted by Gasteiger charge is 2.06. The summed E-state index contributed by atoms with van der Waals surface area (Å²) < 4.78 is 4.37. The van der Waals surface area contributed by atoms with E-state index in [1.54, 1.807) is 6.92 Å². The first kappa shape index (κ1) is 8.43. The SMILES string of the molecule is COC(=O)CC(C)CO. The number of carbonyl (C=O) groups excluding carboxylic acids is 1. The molecule has 0 bridgehead atoms. The first-order valence-corrected chi connectivity index (χ1v) is 2.88. The van der Waals surface area contributed by atoms with E-state index in [0.717, 1.165) is 0 Å². The molecule has 9 heavy (non-hydrogen) atoms. The molecule has 0 aromatic heterocycles. The maximum absolute atomic E-state index is 10.4. The van der Waals surface area contributed by atoms with Gasteiger partial charge >= 0.3 is 5.97 Å². The van der Waals surface area contributed by atoms with Crippen molar-refractivity contribution in [2.24, 2.45) is 5.92 Å². The molecule has 1 atom stereocenters. The van der Waals surface area contributed by atoms with E-state index in [1.807, 2.05) is 0 Å². The molecule has 0 saturated carbocycles. The number of hydrogen-bond acceptors (Lipinski definition) is 3. The van der Waals surface area contributed by atoms with Gasteiger partial charge in [-0.2, -0.15) is 0 Å². The molecular weight excluding hydrogens is 120 g/mol. The molecule has 0 rings (SSSR count). The molecule has 0 amide bonds. The fourth-order valence-corrected chi connectivity index (χ4v) is 0.432. The minimum Gasteiger partial charge on any atom is -0.469 e. The molecule has 0 saturated heterocycles. The Balaban J connectivity index is 3.34. The number of rotatable bonds is 3. The maximum Gasteiger partial charge on any atom is 0.305 e. The average Bonchev–Trinajstić information content (AvgIpc) is 1.87. The van der Waals surface area contributed by atoms with Crippen LogP contribution in [0.2, 0.25) is 0 Å². The molecule has 0 aliphatic carbocycles. The van der Waals surface area contributed by atoms with E-state index in [2.05, 4.69) is 4.74 Å². The molecule has 0 fully saturated rings. The van der Waals surface area contributed by atoms with Gasteiger partial charge < -0.3 is 9.84 Å². The summed E-state index contributed by atoms with van der Waals surface area (Å²) in [5.74, 6) is -0.256. The minimum atomic E-state index is -0.267. The van der Waals surface area contributed by atoms with Crippen LogP contribution in [0.3, 0.4) is 0 Å². The Morgan fingerprint density at radius 3 is 2.67 bits per heavy atom. The first-order valence-electron chi connectivity index (χ1n) is 2.88. The summed E-state index contributed by atoms with van der Waals surface area (Å²) in [6.45, 7) is 1.83. The van der Waals surface area contributed by atoms with Crippen molar-refractivity contribution in [2.45, 2.75) is 13.3 Å². The lowest BCUT2D eigenvalue weighted by molar-refractivity contribution is -0.141. The summed E-state index contributed by atoms with van der Waals surface area (Å²) in [6.07, 6.45) is 0.299. The molecule has 0 radical (unpaired) electrons. The van der Waals surface area contributed by atoms with Crippen molar-refractivity contribution in [2.75, 3.05) is 13.7 Å². The van der Waals surface area contributed by atoms with Gasteiger partial charge in [0.05, 0.1) is 13.5 Å². The Hall–Kier alpha value is -0.570. The molecule has 0 aromatic rings. The van der Waals surface area contributed by atoms with E-state index in [4.69, 9.17) is 5.11 Å². The molecule has 0 aliphatic rings. The molecule has 1 unspecified atom stereocenters. The van der Waals surface area contributed by atoms with Gasteiger partial charge in [0.1, 0.15) is 0 Å². The maximum atomic E-state index is 10.4. The van der Waals surface area contributed by atoms with Crippen LogP contribution in [0.25, 0.3) is 0 Å². The third kappa shape index (κ3) is 3.97. The van der Waals surface area contributed by atoms with Crippen LogP contribution in [0.4, 0.5) is 0 Å². The van der Waals surface area contributed by atoms with Gasteiger partial charge in [-0.05, 0) is 5.92 Å². The molecule has 3 heteroatoms. The molecule has 1 N–H and O–H groups in total. The summed E-state index contributed by atoms with van der Waals surface area (Å²) >= 11 is 0. The number of carbonyl (C=O) groups is 1. The number of aliphatic hydroxyl groups excluding tert-OH is 1. The van der Waals surface area contributed by atoms with E-state index in [9.17, 15) is 4.79 Å². The van der Waals surface area contributed by atoms with Crippen molar-refractivity contribution in [3.05, 3.63) is 0 Å². The second-order valence-corrected chi connectivity index (χ2v) is 2.07. The third-order valence-electron chi connectivity index (χ3n) is 1.05. The van der Waals surface area contributed by atoms with Crippen molar-refractivity contribution in [3.8, 4) is 0 Å². The quantitative estimate of drug-likeness (QED) is 0.557. The Labute approximate surface area is 54.6 Å². The van der Waals surface area contributed by atoms with E-state index >= 15 is 0 Å².